The van der Waals surface area contributed by atoms with Gasteiger partial charge in [-0.3, -0.25) is 14.4 Å². The Labute approximate surface area is 120 Å². The van der Waals surface area contributed by atoms with Crippen LogP contribution < -0.4 is 15.4 Å². The number of carboxylic acid groups (broad SMARTS) is 1. The molecule has 21 heavy (non-hydrogen) atoms. The Balaban J connectivity index is 1.88. The topological polar surface area (TPSA) is 110 Å². The van der Waals surface area contributed by atoms with Crippen molar-refractivity contribution in [3.05, 3.63) is 24.3 Å². The second kappa shape index (κ2) is 4.76. The number of amides is 2. The summed E-state index contributed by atoms with van der Waals surface area (Å²) in [4.78, 5) is 36.1. The second-order valence-corrected chi connectivity index (χ2v) is 5.21. The zero-order valence-corrected chi connectivity index (χ0v) is 11.1. The molecule has 0 radical (unpaired) electrons. The molecule has 3 rings (SSSR count). The maximum Gasteiger partial charge on any atom is 0.307 e. The first-order valence-electron chi connectivity index (χ1n) is 6.58. The molecule has 1 aromatic rings. The Morgan fingerprint density at radius 1 is 1.24 bits per heavy atom. The summed E-state index contributed by atoms with van der Waals surface area (Å²) in [6, 6.07) is 6.81. The van der Waals surface area contributed by atoms with Gasteiger partial charge in [0, 0.05) is 0 Å². The van der Waals surface area contributed by atoms with E-state index in [1.165, 1.54) is 4.90 Å². The summed E-state index contributed by atoms with van der Waals surface area (Å²) >= 11 is 0. The molecule has 110 valence electrons. The van der Waals surface area contributed by atoms with Crippen molar-refractivity contribution >= 4 is 23.5 Å². The van der Waals surface area contributed by atoms with E-state index in [9.17, 15) is 14.4 Å². The number of nitrogens with two attached hydrogens (primary N) is 1. The maximum absolute atomic E-state index is 12.5. The van der Waals surface area contributed by atoms with E-state index >= 15 is 0 Å². The fourth-order valence-corrected chi connectivity index (χ4v) is 2.53. The van der Waals surface area contributed by atoms with Crippen LogP contribution in [0, 0.1) is 11.8 Å². The van der Waals surface area contributed by atoms with Gasteiger partial charge in [-0.25, -0.2) is 0 Å². The Hall–Kier alpha value is -2.57. The molecule has 3 N–H and O–H groups in total. The van der Waals surface area contributed by atoms with Crippen LogP contribution in [0.2, 0.25) is 0 Å². The van der Waals surface area contributed by atoms with E-state index in [0.29, 0.717) is 17.9 Å². The van der Waals surface area contributed by atoms with Gasteiger partial charge in [0.05, 0.1) is 24.1 Å². The molecule has 3 unspecified atom stereocenters. The molecule has 1 heterocycles. The highest BCUT2D eigenvalue weighted by Gasteiger charge is 2.51. The third-order valence-electron chi connectivity index (χ3n) is 3.78. The van der Waals surface area contributed by atoms with Crippen LogP contribution in [0.1, 0.15) is 6.42 Å². The van der Waals surface area contributed by atoms with Gasteiger partial charge in [-0.1, -0.05) is 12.1 Å². The zero-order chi connectivity index (χ0) is 15.1. The first kappa shape index (κ1) is 13.4. The number of carbonyl (C=O) groups is 3. The van der Waals surface area contributed by atoms with E-state index in [0.717, 1.165) is 0 Å². The summed E-state index contributed by atoms with van der Waals surface area (Å²) in [6.07, 6.45) is -0.597. The van der Waals surface area contributed by atoms with Crippen LogP contribution in [-0.2, 0) is 14.4 Å². The third kappa shape index (κ3) is 2.31. The van der Waals surface area contributed by atoms with E-state index in [1.807, 2.05) is 0 Å². The highest BCUT2D eigenvalue weighted by Crippen LogP contribution is 2.43. The monoisotopic (exact) mass is 290 g/mol. The molecule has 2 aliphatic rings. The average Bonchev–Trinajstić information content (AvgIpc) is 3.26. The quantitative estimate of drug-likeness (QED) is 0.813. The molecule has 3 atom stereocenters. The number of nitrogens with zero attached hydrogens (tertiary/aromatic N) is 1. The van der Waals surface area contributed by atoms with Crippen molar-refractivity contribution in [3.8, 4) is 5.75 Å². The van der Waals surface area contributed by atoms with Gasteiger partial charge < -0.3 is 20.5 Å². The van der Waals surface area contributed by atoms with Gasteiger partial charge in [-0.2, -0.15) is 0 Å². The molecule has 0 saturated heterocycles. The summed E-state index contributed by atoms with van der Waals surface area (Å²) in [5.74, 6) is -2.71. The summed E-state index contributed by atoms with van der Waals surface area (Å²) in [7, 11) is 0. The average molecular weight is 290 g/mol. The van der Waals surface area contributed by atoms with E-state index in [-0.39, 0.29) is 12.5 Å². The Morgan fingerprint density at radius 3 is 2.57 bits per heavy atom. The lowest BCUT2D eigenvalue weighted by atomic mass is 10.1. The number of benzene rings is 1. The normalized spacial score (nSPS) is 26.5. The van der Waals surface area contributed by atoms with E-state index in [4.69, 9.17) is 15.6 Å². The number of anilines is 1. The van der Waals surface area contributed by atoms with Gasteiger partial charge in [-0.15, -0.1) is 0 Å². The number of primary amides is 1. The molecular formula is C14H14N2O5. The zero-order valence-electron chi connectivity index (χ0n) is 11.1. The maximum atomic E-state index is 12.5. The van der Waals surface area contributed by atoms with Gasteiger partial charge in [0.15, 0.2) is 6.10 Å². The number of aliphatic carboxylic acids is 1. The third-order valence-corrected chi connectivity index (χ3v) is 3.78. The summed E-state index contributed by atoms with van der Waals surface area (Å²) < 4.78 is 5.46. The van der Waals surface area contributed by atoms with Gasteiger partial charge in [-0.05, 0) is 18.6 Å². The number of carbonyl (C=O) groups excluding carboxylic acids is 2. The van der Waals surface area contributed by atoms with Gasteiger partial charge in [0.2, 0.25) is 5.91 Å². The van der Waals surface area contributed by atoms with Crippen molar-refractivity contribution in [1.82, 2.24) is 0 Å². The van der Waals surface area contributed by atoms with Gasteiger partial charge >= 0.3 is 5.97 Å². The van der Waals surface area contributed by atoms with E-state index in [1.54, 1.807) is 24.3 Å². The smallest absolute Gasteiger partial charge is 0.307 e. The van der Waals surface area contributed by atoms with Crippen molar-refractivity contribution in [3.63, 3.8) is 0 Å². The summed E-state index contributed by atoms with van der Waals surface area (Å²) in [5, 5.41) is 8.94. The van der Waals surface area contributed by atoms with Crippen molar-refractivity contribution in [2.75, 3.05) is 11.4 Å². The highest BCUT2D eigenvalue weighted by molar-refractivity contribution is 6.02. The van der Waals surface area contributed by atoms with Crippen LogP contribution in [-0.4, -0.2) is 35.5 Å². The highest BCUT2D eigenvalue weighted by atomic mass is 16.5. The fourth-order valence-electron chi connectivity index (χ4n) is 2.53. The number of ether oxygens (including phenoxy) is 1. The minimum absolute atomic E-state index is 0.00796. The molecule has 1 aromatic carbocycles. The predicted octanol–water partition coefficient (Wildman–Crippen LogP) is -0.0134. The molecule has 7 heteroatoms. The minimum atomic E-state index is -0.971. The van der Waals surface area contributed by atoms with Crippen LogP contribution >= 0.6 is 0 Å². The van der Waals surface area contributed by atoms with Crippen LogP contribution in [0.15, 0.2) is 24.3 Å². The molecule has 0 bridgehead atoms. The fraction of sp³-hybridized carbons (Fsp3) is 0.357. The van der Waals surface area contributed by atoms with E-state index < -0.39 is 29.8 Å². The van der Waals surface area contributed by atoms with Crippen molar-refractivity contribution in [1.29, 1.82) is 0 Å². The Morgan fingerprint density at radius 2 is 1.95 bits per heavy atom. The predicted molar refractivity (Wildman–Crippen MR) is 71.6 cm³/mol. The molecule has 2 amide bonds. The standard InChI is InChI=1S/C14H14N2O5/c15-12(17)11-6-16(9-3-1-2-4-10(9)21-11)13(18)7-5-8(7)14(19)20/h1-4,7-8,11H,5-6H2,(H2,15,17)(H,19,20). The van der Waals surface area contributed by atoms with Crippen molar-refractivity contribution in [2.45, 2.75) is 12.5 Å². The molecule has 1 saturated carbocycles. The molecule has 1 fully saturated rings. The Kier molecular flexibility index (Phi) is 3.04. The molecule has 1 aliphatic carbocycles. The second-order valence-electron chi connectivity index (χ2n) is 5.21. The lowest BCUT2D eigenvalue weighted by Gasteiger charge is -2.33. The SMILES string of the molecule is NC(=O)C1CN(C(=O)C2CC2C(=O)O)c2ccccc2O1. The van der Waals surface area contributed by atoms with Gasteiger partial charge in [0.25, 0.3) is 5.91 Å². The van der Waals surface area contributed by atoms with E-state index in [2.05, 4.69) is 0 Å². The lowest BCUT2D eigenvalue weighted by molar-refractivity contribution is -0.140. The largest absolute Gasteiger partial charge is 0.481 e. The number of hydrogen-bond donors (Lipinski definition) is 2. The number of para-hydroxylation sites is 2. The van der Waals surface area contributed by atoms with Crippen molar-refractivity contribution in [2.24, 2.45) is 17.6 Å². The summed E-state index contributed by atoms with van der Waals surface area (Å²) in [6.45, 7) is 0.00796. The number of hydrogen-bond acceptors (Lipinski definition) is 4. The van der Waals surface area contributed by atoms with Crippen LogP contribution in [0.5, 0.6) is 5.75 Å². The number of carboxylic acids is 1. The molecular weight excluding hydrogens is 276 g/mol. The van der Waals surface area contributed by atoms with Gasteiger partial charge in [0.1, 0.15) is 5.75 Å². The molecule has 0 spiro atoms. The molecule has 7 nitrogen and oxygen atoms in total. The first-order valence-corrected chi connectivity index (χ1v) is 6.58. The van der Waals surface area contributed by atoms with Crippen LogP contribution in [0.4, 0.5) is 5.69 Å². The van der Waals surface area contributed by atoms with Crippen LogP contribution in [0.3, 0.4) is 0 Å². The first-order chi connectivity index (χ1) is 9.99. The lowest BCUT2D eigenvalue weighted by Crippen LogP contribution is -2.50. The van der Waals surface area contributed by atoms with Crippen molar-refractivity contribution < 1.29 is 24.2 Å². The number of fused-ring (bicyclic) bond motifs is 1. The number of rotatable bonds is 3. The Bertz CT molecular complexity index is 630. The minimum Gasteiger partial charge on any atom is -0.481 e. The molecule has 0 aromatic heterocycles. The van der Waals surface area contributed by atoms with Crippen LogP contribution in [0.25, 0.3) is 0 Å². The summed E-state index contributed by atoms with van der Waals surface area (Å²) in [5.41, 5.74) is 5.80. The molecule has 1 aliphatic heterocycles.